The summed E-state index contributed by atoms with van der Waals surface area (Å²) in [5.41, 5.74) is 7.46. The van der Waals surface area contributed by atoms with Crippen molar-refractivity contribution in [2.24, 2.45) is 5.92 Å². The molecule has 0 unspecified atom stereocenters. The van der Waals surface area contributed by atoms with Crippen LogP contribution in [-0.2, 0) is 19.1 Å². The standard InChI is InChI=1S/C13H19N3O5/c1-13(2,3)21-12(19)15-8-5-7(6-8)10(17)9(16-14)11(18)20-4/h7-8H,5-6H2,1-4H3,(H,15,19). The van der Waals surface area contributed by atoms with Crippen LogP contribution >= 0.6 is 0 Å². The van der Waals surface area contributed by atoms with Crippen molar-refractivity contribution in [3.05, 3.63) is 5.53 Å². The first kappa shape index (κ1) is 16.8. The van der Waals surface area contributed by atoms with E-state index in [0.717, 1.165) is 7.11 Å². The second kappa shape index (κ2) is 6.49. The van der Waals surface area contributed by atoms with E-state index in [2.05, 4.69) is 14.8 Å². The lowest BCUT2D eigenvalue weighted by atomic mass is 9.76. The molecule has 0 aliphatic heterocycles. The summed E-state index contributed by atoms with van der Waals surface area (Å²) in [6.07, 6.45) is 0.157. The molecule has 1 rings (SSSR count). The normalized spacial score (nSPS) is 20.6. The highest BCUT2D eigenvalue weighted by atomic mass is 16.6. The van der Waals surface area contributed by atoms with Crippen molar-refractivity contribution in [3.63, 3.8) is 0 Å². The predicted molar refractivity (Wildman–Crippen MR) is 71.5 cm³/mol. The van der Waals surface area contributed by atoms with Gasteiger partial charge in [0.2, 0.25) is 0 Å². The first-order valence-corrected chi connectivity index (χ1v) is 6.52. The molecule has 1 N–H and O–H groups in total. The molecule has 1 saturated carbocycles. The number of carbonyl (C=O) groups is 3. The molecule has 0 saturated heterocycles. The number of ether oxygens (including phenoxy) is 2. The van der Waals surface area contributed by atoms with Gasteiger partial charge in [0.15, 0.2) is 0 Å². The minimum Gasteiger partial charge on any atom is -0.460 e. The molecule has 0 aromatic heterocycles. The smallest absolute Gasteiger partial charge is 0.441 e. The topological polar surface area (TPSA) is 118 Å². The van der Waals surface area contributed by atoms with Gasteiger partial charge in [0.25, 0.3) is 5.78 Å². The molecule has 0 aromatic rings. The Morgan fingerprint density at radius 2 is 1.81 bits per heavy atom. The van der Waals surface area contributed by atoms with Gasteiger partial charge in [0.05, 0.1) is 7.11 Å². The SMILES string of the molecule is COC(=O)C(=[N+]=[N-])C(=O)C1CC(NC(=O)OC(C)(C)C)C1. The van der Waals surface area contributed by atoms with E-state index in [9.17, 15) is 14.4 Å². The fraction of sp³-hybridized carbons (Fsp3) is 0.692. The molecule has 0 bridgehead atoms. The van der Waals surface area contributed by atoms with Gasteiger partial charge in [-0.1, -0.05) is 0 Å². The van der Waals surface area contributed by atoms with Gasteiger partial charge in [-0.05, 0) is 33.6 Å². The third-order valence-corrected chi connectivity index (χ3v) is 2.94. The number of hydrogen-bond donors (Lipinski definition) is 1. The number of rotatable bonds is 4. The summed E-state index contributed by atoms with van der Waals surface area (Å²) in [7, 11) is 1.09. The molecule has 8 nitrogen and oxygen atoms in total. The largest absolute Gasteiger partial charge is 0.460 e. The second-order valence-corrected chi connectivity index (χ2v) is 5.82. The maximum atomic E-state index is 11.9. The molecule has 0 radical (unpaired) electrons. The van der Waals surface area contributed by atoms with Crippen molar-refractivity contribution in [1.82, 2.24) is 5.32 Å². The summed E-state index contributed by atoms with van der Waals surface area (Å²) >= 11 is 0. The summed E-state index contributed by atoms with van der Waals surface area (Å²) < 4.78 is 9.44. The van der Waals surface area contributed by atoms with E-state index in [1.54, 1.807) is 20.8 Å². The fourth-order valence-corrected chi connectivity index (χ4v) is 1.90. The van der Waals surface area contributed by atoms with Crippen molar-refractivity contribution >= 4 is 23.6 Å². The maximum absolute atomic E-state index is 11.9. The Bertz CT molecular complexity index is 496. The van der Waals surface area contributed by atoms with Crippen LogP contribution in [0.15, 0.2) is 0 Å². The molecule has 0 atom stereocenters. The van der Waals surface area contributed by atoms with Crippen LogP contribution in [0.4, 0.5) is 4.79 Å². The van der Waals surface area contributed by atoms with Gasteiger partial charge in [0, 0.05) is 12.0 Å². The lowest BCUT2D eigenvalue weighted by Crippen LogP contribution is -2.50. The van der Waals surface area contributed by atoms with Crippen molar-refractivity contribution < 1.29 is 28.6 Å². The summed E-state index contributed by atoms with van der Waals surface area (Å²) in [6, 6.07) is -0.202. The highest BCUT2D eigenvalue weighted by molar-refractivity contribution is 6.62. The molecule has 1 aliphatic carbocycles. The number of alkyl carbamates (subject to hydrolysis) is 1. The lowest BCUT2D eigenvalue weighted by molar-refractivity contribution is -0.141. The van der Waals surface area contributed by atoms with Crippen LogP contribution in [0, 0.1) is 5.92 Å². The van der Waals surface area contributed by atoms with E-state index in [1.165, 1.54) is 0 Å². The van der Waals surface area contributed by atoms with E-state index in [0.29, 0.717) is 12.8 Å². The van der Waals surface area contributed by atoms with Crippen molar-refractivity contribution in [3.8, 4) is 0 Å². The van der Waals surface area contributed by atoms with Crippen LogP contribution < -0.4 is 5.32 Å². The zero-order valence-corrected chi connectivity index (χ0v) is 12.5. The van der Waals surface area contributed by atoms with Gasteiger partial charge in [-0.3, -0.25) is 4.79 Å². The molecule has 0 heterocycles. The molecule has 8 heteroatoms. The highest BCUT2D eigenvalue weighted by Gasteiger charge is 2.44. The number of nitrogens with zero attached hydrogens (tertiary/aromatic N) is 2. The molecule has 116 valence electrons. The Hall–Kier alpha value is -2.21. The first-order valence-electron chi connectivity index (χ1n) is 6.52. The number of amides is 1. The predicted octanol–water partition coefficient (Wildman–Crippen LogP) is 0.703. The van der Waals surface area contributed by atoms with Crippen LogP contribution in [0.25, 0.3) is 5.53 Å². The lowest BCUT2D eigenvalue weighted by Gasteiger charge is -2.34. The van der Waals surface area contributed by atoms with Crippen molar-refractivity contribution in [2.45, 2.75) is 45.3 Å². The molecule has 1 amide bonds. The number of Topliss-reactive ketones (excluding diaryl/α,β-unsaturated/α-hetero) is 1. The Kier molecular flexibility index (Phi) is 5.21. The number of ketones is 1. The Morgan fingerprint density at radius 3 is 2.24 bits per heavy atom. The highest BCUT2D eigenvalue weighted by Crippen LogP contribution is 2.28. The summed E-state index contributed by atoms with van der Waals surface area (Å²) in [4.78, 5) is 37.3. The van der Waals surface area contributed by atoms with E-state index in [-0.39, 0.29) is 6.04 Å². The fourth-order valence-electron chi connectivity index (χ4n) is 1.90. The average molecular weight is 297 g/mol. The summed E-state index contributed by atoms with van der Waals surface area (Å²) in [6.45, 7) is 5.25. The van der Waals surface area contributed by atoms with Gasteiger partial charge in [-0.25, -0.2) is 9.59 Å². The van der Waals surface area contributed by atoms with Crippen LogP contribution in [0.2, 0.25) is 0 Å². The van der Waals surface area contributed by atoms with Crippen molar-refractivity contribution in [2.75, 3.05) is 7.11 Å². The Labute approximate surface area is 122 Å². The van der Waals surface area contributed by atoms with Crippen LogP contribution in [0.3, 0.4) is 0 Å². The van der Waals surface area contributed by atoms with Crippen LogP contribution in [0.5, 0.6) is 0 Å². The molecule has 0 aromatic carbocycles. The van der Waals surface area contributed by atoms with Gasteiger partial charge < -0.3 is 20.3 Å². The molecular formula is C13H19N3O5. The molecule has 21 heavy (non-hydrogen) atoms. The van der Waals surface area contributed by atoms with Gasteiger partial charge in [-0.15, -0.1) is 0 Å². The van der Waals surface area contributed by atoms with Gasteiger partial charge >= 0.3 is 17.8 Å². The van der Waals surface area contributed by atoms with Gasteiger partial charge in [0.1, 0.15) is 5.60 Å². The monoisotopic (exact) mass is 297 g/mol. The quantitative estimate of drug-likeness (QED) is 0.269. The maximum Gasteiger partial charge on any atom is 0.441 e. The zero-order valence-electron chi connectivity index (χ0n) is 12.5. The van der Waals surface area contributed by atoms with Gasteiger partial charge in [-0.2, -0.15) is 4.79 Å². The van der Waals surface area contributed by atoms with Crippen molar-refractivity contribution in [1.29, 1.82) is 0 Å². The Morgan fingerprint density at radius 1 is 1.24 bits per heavy atom. The molecule has 1 aliphatic rings. The number of hydrogen-bond acceptors (Lipinski definition) is 5. The van der Waals surface area contributed by atoms with E-state index in [1.807, 2.05) is 0 Å². The minimum absolute atomic E-state index is 0.202. The van der Waals surface area contributed by atoms with Crippen LogP contribution in [-0.4, -0.2) is 47.1 Å². The number of nitrogens with one attached hydrogen (secondary N) is 1. The zero-order chi connectivity index (χ0) is 16.2. The minimum atomic E-state index is -0.981. The third-order valence-electron chi connectivity index (χ3n) is 2.94. The molecular weight excluding hydrogens is 278 g/mol. The van der Waals surface area contributed by atoms with Crippen LogP contribution in [0.1, 0.15) is 33.6 Å². The average Bonchev–Trinajstić information content (AvgIpc) is 2.31. The van der Waals surface area contributed by atoms with E-state index in [4.69, 9.17) is 10.3 Å². The second-order valence-electron chi connectivity index (χ2n) is 5.82. The first-order chi connectivity index (χ1) is 9.67. The molecule has 0 spiro atoms. The number of carbonyl (C=O) groups excluding carboxylic acids is 3. The number of methoxy groups -OCH3 is 1. The Balaban J connectivity index is 2.46. The number of esters is 1. The summed E-state index contributed by atoms with van der Waals surface area (Å²) in [5, 5.41) is 2.63. The van der Waals surface area contributed by atoms with E-state index < -0.39 is 35.1 Å². The molecule has 1 fully saturated rings. The summed E-state index contributed by atoms with van der Waals surface area (Å²) in [5.74, 6) is -2.05. The van der Waals surface area contributed by atoms with E-state index >= 15 is 0 Å². The third kappa shape index (κ3) is 4.68.